The fourth-order valence-electron chi connectivity index (χ4n) is 1.93. The number of carboxylic acid groups (broad SMARTS) is 1. The lowest BCUT2D eigenvalue weighted by Gasteiger charge is -2.36. The molecular formula is C11H21NO3. The number of morpholine rings is 1. The third kappa shape index (κ3) is 3.18. The van der Waals surface area contributed by atoms with Crippen molar-refractivity contribution >= 4 is 5.97 Å². The second kappa shape index (κ2) is 5.47. The SMILES string of the molecule is CC(C)C(C)C(C(=O)O)N1CCOCC1. The highest BCUT2D eigenvalue weighted by atomic mass is 16.5. The van der Waals surface area contributed by atoms with Crippen molar-refractivity contribution in [2.75, 3.05) is 26.3 Å². The number of ether oxygens (including phenoxy) is 1. The highest BCUT2D eigenvalue weighted by Gasteiger charge is 2.33. The van der Waals surface area contributed by atoms with E-state index in [2.05, 4.69) is 13.8 Å². The van der Waals surface area contributed by atoms with Gasteiger partial charge in [-0.2, -0.15) is 0 Å². The Balaban J connectivity index is 2.67. The molecule has 1 aliphatic rings. The first-order valence-electron chi connectivity index (χ1n) is 5.58. The van der Waals surface area contributed by atoms with Crippen molar-refractivity contribution in [2.45, 2.75) is 26.8 Å². The summed E-state index contributed by atoms with van der Waals surface area (Å²) in [4.78, 5) is 13.3. The molecule has 1 aliphatic heterocycles. The maximum atomic E-state index is 11.3. The Bertz CT molecular complexity index is 212. The highest BCUT2D eigenvalue weighted by Crippen LogP contribution is 2.20. The van der Waals surface area contributed by atoms with E-state index in [4.69, 9.17) is 4.74 Å². The van der Waals surface area contributed by atoms with Crippen LogP contribution in [0.4, 0.5) is 0 Å². The molecule has 0 aliphatic carbocycles. The van der Waals surface area contributed by atoms with Gasteiger partial charge in [-0.1, -0.05) is 20.8 Å². The minimum atomic E-state index is -0.710. The van der Waals surface area contributed by atoms with Crippen LogP contribution in [0.2, 0.25) is 0 Å². The van der Waals surface area contributed by atoms with Crippen molar-refractivity contribution in [3.63, 3.8) is 0 Å². The van der Waals surface area contributed by atoms with E-state index < -0.39 is 5.97 Å². The van der Waals surface area contributed by atoms with Gasteiger partial charge < -0.3 is 9.84 Å². The third-order valence-corrected chi connectivity index (χ3v) is 3.24. The van der Waals surface area contributed by atoms with Crippen LogP contribution in [-0.4, -0.2) is 48.3 Å². The van der Waals surface area contributed by atoms with Crippen LogP contribution in [-0.2, 0) is 9.53 Å². The molecule has 4 nitrogen and oxygen atoms in total. The molecule has 1 saturated heterocycles. The molecule has 0 radical (unpaired) electrons. The summed E-state index contributed by atoms with van der Waals surface area (Å²) in [6, 6.07) is -0.367. The summed E-state index contributed by atoms with van der Waals surface area (Å²) in [6.45, 7) is 8.91. The molecule has 2 atom stereocenters. The van der Waals surface area contributed by atoms with Crippen molar-refractivity contribution in [1.82, 2.24) is 4.90 Å². The maximum Gasteiger partial charge on any atom is 0.321 e. The molecule has 4 heteroatoms. The van der Waals surface area contributed by atoms with Crippen LogP contribution < -0.4 is 0 Å². The standard InChI is InChI=1S/C11H21NO3/c1-8(2)9(3)10(11(13)14)12-4-6-15-7-5-12/h8-10H,4-7H2,1-3H3,(H,13,14). The molecule has 0 bridgehead atoms. The number of nitrogens with zero attached hydrogens (tertiary/aromatic N) is 1. The van der Waals surface area contributed by atoms with Gasteiger partial charge in [0.25, 0.3) is 0 Å². The van der Waals surface area contributed by atoms with Crippen LogP contribution in [0.15, 0.2) is 0 Å². The van der Waals surface area contributed by atoms with E-state index in [0.717, 1.165) is 13.1 Å². The molecule has 0 spiro atoms. The molecule has 0 saturated carbocycles. The van der Waals surface area contributed by atoms with E-state index in [0.29, 0.717) is 19.1 Å². The van der Waals surface area contributed by atoms with E-state index in [1.54, 1.807) is 0 Å². The summed E-state index contributed by atoms with van der Waals surface area (Å²) in [5.74, 6) is -0.160. The molecule has 15 heavy (non-hydrogen) atoms. The third-order valence-electron chi connectivity index (χ3n) is 3.24. The lowest BCUT2D eigenvalue weighted by Crippen LogP contribution is -2.51. The molecular weight excluding hydrogens is 194 g/mol. The fourth-order valence-corrected chi connectivity index (χ4v) is 1.93. The van der Waals surface area contributed by atoms with Gasteiger partial charge in [0.2, 0.25) is 0 Å². The summed E-state index contributed by atoms with van der Waals surface area (Å²) in [6.07, 6.45) is 0. The quantitative estimate of drug-likeness (QED) is 0.762. The Labute approximate surface area is 91.2 Å². The molecule has 0 amide bonds. The Morgan fingerprint density at radius 1 is 1.27 bits per heavy atom. The Morgan fingerprint density at radius 2 is 1.80 bits per heavy atom. The summed E-state index contributed by atoms with van der Waals surface area (Å²) < 4.78 is 5.24. The zero-order chi connectivity index (χ0) is 11.4. The van der Waals surface area contributed by atoms with Gasteiger partial charge in [0.1, 0.15) is 6.04 Å². The molecule has 0 aromatic heterocycles. The van der Waals surface area contributed by atoms with Crippen molar-refractivity contribution < 1.29 is 14.6 Å². The summed E-state index contributed by atoms with van der Waals surface area (Å²) in [7, 11) is 0. The zero-order valence-electron chi connectivity index (χ0n) is 9.77. The average molecular weight is 215 g/mol. The van der Waals surface area contributed by atoms with Crippen LogP contribution in [0.25, 0.3) is 0 Å². The predicted molar refractivity (Wildman–Crippen MR) is 57.8 cm³/mol. The van der Waals surface area contributed by atoms with Gasteiger partial charge >= 0.3 is 5.97 Å². The first kappa shape index (κ1) is 12.5. The van der Waals surface area contributed by atoms with E-state index in [-0.39, 0.29) is 12.0 Å². The number of aliphatic carboxylic acids is 1. The van der Waals surface area contributed by atoms with Gasteiger partial charge in [-0.25, -0.2) is 0 Å². The lowest BCUT2D eigenvalue weighted by molar-refractivity contribution is -0.148. The molecule has 1 rings (SSSR count). The Hall–Kier alpha value is -0.610. The van der Waals surface area contributed by atoms with Crippen molar-refractivity contribution in [3.8, 4) is 0 Å². The zero-order valence-corrected chi connectivity index (χ0v) is 9.77. The highest BCUT2D eigenvalue weighted by molar-refractivity contribution is 5.73. The summed E-state index contributed by atoms with van der Waals surface area (Å²) >= 11 is 0. The number of hydrogen-bond donors (Lipinski definition) is 1. The number of rotatable bonds is 4. The summed E-state index contributed by atoms with van der Waals surface area (Å²) in [5, 5.41) is 9.26. The van der Waals surface area contributed by atoms with Crippen LogP contribution in [0.3, 0.4) is 0 Å². The van der Waals surface area contributed by atoms with E-state index in [1.807, 2.05) is 11.8 Å². The second-order valence-corrected chi connectivity index (χ2v) is 4.53. The first-order chi connectivity index (χ1) is 7.04. The molecule has 0 aromatic carbocycles. The summed E-state index contributed by atoms with van der Waals surface area (Å²) in [5.41, 5.74) is 0. The van der Waals surface area contributed by atoms with Gasteiger partial charge in [-0.3, -0.25) is 9.69 Å². The Morgan fingerprint density at radius 3 is 2.20 bits per heavy atom. The predicted octanol–water partition coefficient (Wildman–Crippen LogP) is 1.06. The largest absolute Gasteiger partial charge is 0.480 e. The topological polar surface area (TPSA) is 49.8 Å². The van der Waals surface area contributed by atoms with Gasteiger partial charge in [-0.05, 0) is 11.8 Å². The van der Waals surface area contributed by atoms with Crippen LogP contribution in [0, 0.1) is 11.8 Å². The van der Waals surface area contributed by atoms with Crippen molar-refractivity contribution in [3.05, 3.63) is 0 Å². The minimum Gasteiger partial charge on any atom is -0.480 e. The molecule has 88 valence electrons. The van der Waals surface area contributed by atoms with Gasteiger partial charge in [0, 0.05) is 13.1 Å². The molecule has 0 aromatic rings. The number of carboxylic acids is 1. The molecule has 2 unspecified atom stereocenters. The van der Waals surface area contributed by atoms with Gasteiger partial charge in [0.15, 0.2) is 0 Å². The minimum absolute atomic E-state index is 0.167. The second-order valence-electron chi connectivity index (χ2n) is 4.53. The van der Waals surface area contributed by atoms with Crippen LogP contribution in [0.1, 0.15) is 20.8 Å². The monoisotopic (exact) mass is 215 g/mol. The van der Waals surface area contributed by atoms with E-state index in [1.165, 1.54) is 0 Å². The normalized spacial score (nSPS) is 22.7. The molecule has 1 fully saturated rings. The van der Waals surface area contributed by atoms with E-state index >= 15 is 0 Å². The Kier molecular flexibility index (Phi) is 4.54. The molecule has 1 N–H and O–H groups in total. The van der Waals surface area contributed by atoms with E-state index in [9.17, 15) is 9.90 Å². The first-order valence-corrected chi connectivity index (χ1v) is 5.58. The maximum absolute atomic E-state index is 11.3. The lowest BCUT2D eigenvalue weighted by atomic mass is 9.89. The van der Waals surface area contributed by atoms with Gasteiger partial charge in [0.05, 0.1) is 13.2 Å². The van der Waals surface area contributed by atoms with Crippen LogP contribution >= 0.6 is 0 Å². The number of carbonyl (C=O) groups is 1. The average Bonchev–Trinajstić information content (AvgIpc) is 2.18. The fraction of sp³-hybridized carbons (Fsp3) is 0.909. The van der Waals surface area contributed by atoms with Crippen LogP contribution in [0.5, 0.6) is 0 Å². The smallest absolute Gasteiger partial charge is 0.321 e. The number of hydrogen-bond acceptors (Lipinski definition) is 3. The van der Waals surface area contributed by atoms with Gasteiger partial charge in [-0.15, -0.1) is 0 Å². The van der Waals surface area contributed by atoms with Crippen molar-refractivity contribution in [1.29, 1.82) is 0 Å². The molecule has 1 heterocycles. The van der Waals surface area contributed by atoms with Crippen molar-refractivity contribution in [2.24, 2.45) is 11.8 Å².